The summed E-state index contributed by atoms with van der Waals surface area (Å²) in [6.07, 6.45) is 0.792. The van der Waals surface area contributed by atoms with E-state index in [0.717, 1.165) is 12.0 Å². The van der Waals surface area contributed by atoms with Crippen LogP contribution in [0.5, 0.6) is 0 Å². The highest BCUT2D eigenvalue weighted by Gasteiger charge is 2.16. The summed E-state index contributed by atoms with van der Waals surface area (Å²) in [6, 6.07) is 4.74. The van der Waals surface area contributed by atoms with Crippen molar-refractivity contribution in [3.63, 3.8) is 0 Å². The maximum absolute atomic E-state index is 12.0. The van der Waals surface area contributed by atoms with Crippen molar-refractivity contribution in [3.8, 4) is 0 Å². The number of nitrogen functional groups attached to an aromatic ring is 1. The van der Waals surface area contributed by atoms with E-state index in [9.17, 15) is 8.42 Å². The number of aryl methyl sites for hydroxylation is 1. The highest BCUT2D eigenvalue weighted by atomic mass is 32.2. The number of benzene rings is 1. The molecule has 0 saturated carbocycles. The average molecular weight is 270 g/mol. The molecule has 0 heterocycles. The van der Waals surface area contributed by atoms with Crippen LogP contribution in [0, 0.1) is 12.3 Å². The van der Waals surface area contributed by atoms with Crippen LogP contribution in [0.2, 0.25) is 0 Å². The fourth-order valence-electron chi connectivity index (χ4n) is 1.46. The molecule has 0 aliphatic carbocycles. The summed E-state index contributed by atoms with van der Waals surface area (Å²) < 4.78 is 26.7. The Morgan fingerprint density at radius 1 is 1.28 bits per heavy atom. The van der Waals surface area contributed by atoms with Crippen LogP contribution in [0.15, 0.2) is 23.1 Å². The van der Waals surface area contributed by atoms with E-state index in [4.69, 9.17) is 5.73 Å². The van der Waals surface area contributed by atoms with Crippen molar-refractivity contribution in [2.24, 2.45) is 5.41 Å². The van der Waals surface area contributed by atoms with Gasteiger partial charge in [0.2, 0.25) is 10.0 Å². The molecule has 1 rings (SSSR count). The molecule has 3 N–H and O–H groups in total. The Kier molecular flexibility index (Phi) is 4.40. The lowest BCUT2D eigenvalue weighted by Gasteiger charge is -2.18. The lowest BCUT2D eigenvalue weighted by Crippen LogP contribution is -2.27. The second-order valence-electron chi connectivity index (χ2n) is 5.73. The topological polar surface area (TPSA) is 72.2 Å². The Labute approximate surface area is 110 Å². The molecule has 0 unspecified atom stereocenters. The van der Waals surface area contributed by atoms with Crippen molar-refractivity contribution >= 4 is 15.7 Å². The Balaban J connectivity index is 2.77. The van der Waals surface area contributed by atoms with Crippen molar-refractivity contribution in [2.45, 2.75) is 39.0 Å². The average Bonchev–Trinajstić information content (AvgIpc) is 2.19. The van der Waals surface area contributed by atoms with E-state index in [-0.39, 0.29) is 10.3 Å². The van der Waals surface area contributed by atoms with Gasteiger partial charge in [-0.1, -0.05) is 20.8 Å². The zero-order chi connectivity index (χ0) is 14.0. The summed E-state index contributed by atoms with van der Waals surface area (Å²) in [6.45, 7) is 8.47. The standard InChI is InChI=1S/C13H22N2O2S/c1-10-9-11(5-6-12(10)14)18(16,17)15-8-7-13(2,3)4/h5-6,9,15H,7-8,14H2,1-4H3. The molecule has 0 aromatic heterocycles. The molecule has 18 heavy (non-hydrogen) atoms. The normalized spacial score (nSPS) is 12.7. The Hall–Kier alpha value is -1.07. The monoisotopic (exact) mass is 270 g/mol. The van der Waals surface area contributed by atoms with Crippen LogP contribution in [-0.2, 0) is 10.0 Å². The fraction of sp³-hybridized carbons (Fsp3) is 0.538. The quantitative estimate of drug-likeness (QED) is 0.825. The van der Waals surface area contributed by atoms with E-state index in [1.54, 1.807) is 19.1 Å². The van der Waals surface area contributed by atoms with E-state index < -0.39 is 10.0 Å². The van der Waals surface area contributed by atoms with Gasteiger partial charge in [-0.2, -0.15) is 0 Å². The van der Waals surface area contributed by atoms with E-state index in [2.05, 4.69) is 25.5 Å². The number of sulfonamides is 1. The molecule has 1 aromatic rings. The molecule has 0 bridgehead atoms. The van der Waals surface area contributed by atoms with Crippen LogP contribution in [0.25, 0.3) is 0 Å². The number of hydrogen-bond acceptors (Lipinski definition) is 3. The molecular weight excluding hydrogens is 248 g/mol. The molecule has 1 aromatic carbocycles. The summed E-state index contributed by atoms with van der Waals surface area (Å²) >= 11 is 0. The van der Waals surface area contributed by atoms with E-state index in [0.29, 0.717) is 12.2 Å². The minimum atomic E-state index is -3.43. The minimum absolute atomic E-state index is 0.111. The van der Waals surface area contributed by atoms with Gasteiger partial charge >= 0.3 is 0 Å². The first-order valence-electron chi connectivity index (χ1n) is 5.98. The van der Waals surface area contributed by atoms with E-state index in [1.165, 1.54) is 6.07 Å². The lowest BCUT2D eigenvalue weighted by molar-refractivity contribution is 0.378. The van der Waals surface area contributed by atoms with Crippen LogP contribution in [0.4, 0.5) is 5.69 Å². The first-order chi connectivity index (χ1) is 8.12. The predicted octanol–water partition coefficient (Wildman–Crippen LogP) is 2.29. The van der Waals surface area contributed by atoms with Gasteiger partial charge < -0.3 is 5.73 Å². The highest BCUT2D eigenvalue weighted by Crippen LogP contribution is 2.19. The SMILES string of the molecule is Cc1cc(S(=O)(=O)NCCC(C)(C)C)ccc1N. The van der Waals surface area contributed by atoms with Crippen LogP contribution < -0.4 is 10.5 Å². The second kappa shape index (κ2) is 5.28. The van der Waals surface area contributed by atoms with Crippen molar-refractivity contribution in [1.29, 1.82) is 0 Å². The first kappa shape index (κ1) is 15.0. The molecule has 0 fully saturated rings. The summed E-state index contributed by atoms with van der Waals surface area (Å²) in [4.78, 5) is 0.267. The Bertz CT molecular complexity index is 516. The molecule has 0 saturated heterocycles. The number of anilines is 1. The molecular formula is C13H22N2O2S. The van der Waals surface area contributed by atoms with Crippen LogP contribution in [0.3, 0.4) is 0 Å². The van der Waals surface area contributed by atoms with Gasteiger partial charge in [-0.3, -0.25) is 0 Å². The summed E-state index contributed by atoms with van der Waals surface area (Å²) in [5.74, 6) is 0. The number of hydrogen-bond donors (Lipinski definition) is 2. The first-order valence-corrected chi connectivity index (χ1v) is 7.46. The molecule has 0 spiro atoms. The van der Waals surface area contributed by atoms with Gasteiger partial charge in [-0.15, -0.1) is 0 Å². The van der Waals surface area contributed by atoms with Crippen molar-refractivity contribution in [3.05, 3.63) is 23.8 Å². The third-order valence-corrected chi connectivity index (χ3v) is 4.18. The van der Waals surface area contributed by atoms with Crippen molar-refractivity contribution < 1.29 is 8.42 Å². The van der Waals surface area contributed by atoms with Crippen molar-refractivity contribution in [2.75, 3.05) is 12.3 Å². The molecule has 102 valence electrons. The molecule has 0 radical (unpaired) electrons. The summed E-state index contributed by atoms with van der Waals surface area (Å²) in [5, 5.41) is 0. The lowest BCUT2D eigenvalue weighted by atomic mass is 9.93. The van der Waals surface area contributed by atoms with Gasteiger partial charge in [0.1, 0.15) is 0 Å². The van der Waals surface area contributed by atoms with Crippen molar-refractivity contribution in [1.82, 2.24) is 4.72 Å². The van der Waals surface area contributed by atoms with Gasteiger partial charge in [0, 0.05) is 12.2 Å². The van der Waals surface area contributed by atoms with Crippen LogP contribution in [-0.4, -0.2) is 15.0 Å². The summed E-state index contributed by atoms with van der Waals surface area (Å²) in [5.41, 5.74) is 7.16. The van der Waals surface area contributed by atoms with Gasteiger partial charge in [0.25, 0.3) is 0 Å². The van der Waals surface area contributed by atoms with Crippen LogP contribution >= 0.6 is 0 Å². The third kappa shape index (κ3) is 4.31. The molecule has 5 heteroatoms. The number of rotatable bonds is 4. The fourth-order valence-corrected chi connectivity index (χ4v) is 2.58. The zero-order valence-electron chi connectivity index (χ0n) is 11.4. The molecule has 0 aliphatic heterocycles. The zero-order valence-corrected chi connectivity index (χ0v) is 12.3. The van der Waals surface area contributed by atoms with Crippen LogP contribution in [0.1, 0.15) is 32.8 Å². The smallest absolute Gasteiger partial charge is 0.240 e. The maximum Gasteiger partial charge on any atom is 0.240 e. The van der Waals surface area contributed by atoms with Gasteiger partial charge in [0.15, 0.2) is 0 Å². The summed E-state index contributed by atoms with van der Waals surface area (Å²) in [7, 11) is -3.43. The molecule has 4 nitrogen and oxygen atoms in total. The Morgan fingerprint density at radius 3 is 2.39 bits per heavy atom. The number of nitrogens with one attached hydrogen (secondary N) is 1. The minimum Gasteiger partial charge on any atom is -0.399 e. The van der Waals surface area contributed by atoms with E-state index in [1.807, 2.05) is 0 Å². The maximum atomic E-state index is 12.0. The number of nitrogens with two attached hydrogens (primary N) is 1. The largest absolute Gasteiger partial charge is 0.399 e. The third-order valence-electron chi connectivity index (χ3n) is 2.72. The van der Waals surface area contributed by atoms with Gasteiger partial charge in [-0.05, 0) is 42.5 Å². The molecule has 0 atom stereocenters. The molecule has 0 amide bonds. The van der Waals surface area contributed by atoms with Gasteiger partial charge in [0.05, 0.1) is 4.90 Å². The van der Waals surface area contributed by atoms with Gasteiger partial charge in [-0.25, -0.2) is 13.1 Å². The predicted molar refractivity (Wildman–Crippen MR) is 74.9 cm³/mol. The highest BCUT2D eigenvalue weighted by molar-refractivity contribution is 7.89. The van der Waals surface area contributed by atoms with E-state index >= 15 is 0 Å². The second-order valence-corrected chi connectivity index (χ2v) is 7.49. The molecule has 0 aliphatic rings. The Morgan fingerprint density at radius 2 is 1.89 bits per heavy atom.